The fourth-order valence-electron chi connectivity index (χ4n) is 3.06. The Morgan fingerprint density at radius 3 is 2.54 bits per heavy atom. The van der Waals surface area contributed by atoms with Crippen molar-refractivity contribution in [2.24, 2.45) is 5.41 Å². The summed E-state index contributed by atoms with van der Waals surface area (Å²) in [4.78, 5) is 12.5. The van der Waals surface area contributed by atoms with E-state index in [1.807, 2.05) is 26.8 Å². The molecule has 2 N–H and O–H groups in total. The zero-order valence-electron chi connectivity index (χ0n) is 15.7. The average Bonchev–Trinajstić information content (AvgIpc) is 3.02. The Hall–Kier alpha value is -1.51. The monoisotopic (exact) mass is 431 g/mol. The van der Waals surface area contributed by atoms with Crippen molar-refractivity contribution in [2.45, 2.75) is 32.5 Å². The molecule has 0 radical (unpaired) electrons. The highest BCUT2D eigenvalue weighted by atomic mass is 79.9. The van der Waals surface area contributed by atoms with Gasteiger partial charge in [-0.15, -0.1) is 0 Å². The molecule has 1 aromatic carbocycles. The van der Waals surface area contributed by atoms with Gasteiger partial charge in [0.05, 0.1) is 12.6 Å². The van der Waals surface area contributed by atoms with Gasteiger partial charge in [-0.25, -0.2) is 4.79 Å². The van der Waals surface area contributed by atoms with Crippen molar-refractivity contribution in [1.82, 2.24) is 4.90 Å². The molecule has 7 nitrogen and oxygen atoms in total. The van der Waals surface area contributed by atoms with E-state index in [4.69, 9.17) is 14.2 Å². The average molecular weight is 432 g/mol. The molecule has 0 aliphatic carbocycles. The van der Waals surface area contributed by atoms with Gasteiger partial charge in [-0.3, -0.25) is 0 Å². The summed E-state index contributed by atoms with van der Waals surface area (Å²) in [6, 6.07) is 3.61. The van der Waals surface area contributed by atoms with Gasteiger partial charge in [-0.05, 0) is 17.0 Å². The maximum Gasteiger partial charge on any atom is 0.407 e. The van der Waals surface area contributed by atoms with Gasteiger partial charge in [0.25, 0.3) is 0 Å². The third-order valence-corrected chi connectivity index (χ3v) is 5.38. The van der Waals surface area contributed by atoms with E-state index in [0.29, 0.717) is 22.4 Å². The van der Waals surface area contributed by atoms with Crippen molar-refractivity contribution in [1.29, 1.82) is 0 Å². The first-order chi connectivity index (χ1) is 12.1. The minimum Gasteiger partial charge on any atom is -0.465 e. The van der Waals surface area contributed by atoms with Gasteiger partial charge < -0.3 is 29.3 Å². The molecule has 0 saturated heterocycles. The van der Waals surface area contributed by atoms with E-state index in [-0.39, 0.29) is 19.4 Å². The largest absolute Gasteiger partial charge is 0.465 e. The first-order valence-corrected chi connectivity index (χ1v) is 9.37. The number of rotatable bonds is 6. The van der Waals surface area contributed by atoms with E-state index >= 15 is 0 Å². The molecule has 2 rings (SSSR count). The number of nitrogens with zero attached hydrogens (tertiary/aromatic N) is 1. The van der Waals surface area contributed by atoms with Crippen LogP contribution < -0.4 is 9.47 Å². The van der Waals surface area contributed by atoms with E-state index in [2.05, 4.69) is 15.9 Å². The highest BCUT2D eigenvalue weighted by Gasteiger charge is 2.48. The number of amides is 1. The summed E-state index contributed by atoms with van der Waals surface area (Å²) in [7, 11) is 3.01. The van der Waals surface area contributed by atoms with Crippen molar-refractivity contribution in [3.63, 3.8) is 0 Å². The smallest absolute Gasteiger partial charge is 0.407 e. The van der Waals surface area contributed by atoms with Crippen LogP contribution in [0.2, 0.25) is 0 Å². The van der Waals surface area contributed by atoms with Crippen molar-refractivity contribution in [2.75, 3.05) is 32.8 Å². The Balaban J connectivity index is 2.74. The Kier molecular flexibility index (Phi) is 6.09. The number of carboxylic acid groups (broad SMARTS) is 1. The van der Waals surface area contributed by atoms with Gasteiger partial charge in [-0.2, -0.15) is 0 Å². The molecule has 0 saturated carbocycles. The SMILES string of the molecule is COC(CBr)c1ccc2c(c1C(O)(CN(C)C(=O)O)C(C)(C)C)OCO2. The number of halogens is 1. The molecule has 26 heavy (non-hydrogen) atoms. The van der Waals surface area contributed by atoms with Gasteiger partial charge in [0.1, 0.15) is 5.60 Å². The van der Waals surface area contributed by atoms with E-state index in [1.54, 1.807) is 13.2 Å². The Bertz CT molecular complexity index is 670. The highest BCUT2D eigenvalue weighted by molar-refractivity contribution is 9.09. The summed E-state index contributed by atoms with van der Waals surface area (Å²) in [6.45, 7) is 5.50. The highest BCUT2D eigenvalue weighted by Crippen LogP contribution is 2.51. The van der Waals surface area contributed by atoms with Gasteiger partial charge in [0.15, 0.2) is 11.5 Å². The minimum absolute atomic E-state index is 0.0484. The van der Waals surface area contributed by atoms with E-state index in [1.165, 1.54) is 7.05 Å². The molecule has 1 heterocycles. The number of carbonyl (C=O) groups is 1. The van der Waals surface area contributed by atoms with Crippen molar-refractivity contribution < 1.29 is 29.2 Å². The van der Waals surface area contributed by atoms with Gasteiger partial charge in [0.2, 0.25) is 6.79 Å². The summed E-state index contributed by atoms with van der Waals surface area (Å²) in [5.41, 5.74) is -1.01. The summed E-state index contributed by atoms with van der Waals surface area (Å²) in [5, 5.41) is 21.7. The second-order valence-corrected chi connectivity index (χ2v) is 8.04. The maximum atomic E-state index is 11.8. The lowest BCUT2D eigenvalue weighted by atomic mass is 9.69. The van der Waals surface area contributed by atoms with Crippen molar-refractivity contribution in [3.8, 4) is 11.5 Å². The topological polar surface area (TPSA) is 88.5 Å². The molecule has 0 spiro atoms. The van der Waals surface area contributed by atoms with Crippen LogP contribution >= 0.6 is 15.9 Å². The zero-order chi connectivity index (χ0) is 19.7. The normalized spacial score (nSPS) is 16.9. The third kappa shape index (κ3) is 3.63. The van der Waals surface area contributed by atoms with Crippen LogP contribution in [0.3, 0.4) is 0 Å². The number of ether oxygens (including phenoxy) is 3. The maximum absolute atomic E-state index is 11.8. The molecule has 146 valence electrons. The van der Waals surface area contributed by atoms with Gasteiger partial charge >= 0.3 is 6.09 Å². The first-order valence-electron chi connectivity index (χ1n) is 8.25. The summed E-state index contributed by atoms with van der Waals surface area (Å²) < 4.78 is 16.7. The quantitative estimate of drug-likeness (QED) is 0.671. The number of methoxy groups -OCH3 is 1. The van der Waals surface area contributed by atoms with Crippen LogP contribution in [-0.4, -0.2) is 54.0 Å². The number of benzene rings is 1. The third-order valence-electron chi connectivity index (χ3n) is 4.79. The molecule has 1 aliphatic heterocycles. The zero-order valence-corrected chi connectivity index (χ0v) is 17.3. The second kappa shape index (κ2) is 7.62. The molecule has 2 unspecified atom stereocenters. The van der Waals surface area contributed by atoms with Crippen LogP contribution in [0, 0.1) is 5.41 Å². The number of alkyl halides is 1. The van der Waals surface area contributed by atoms with Crippen molar-refractivity contribution in [3.05, 3.63) is 23.3 Å². The van der Waals surface area contributed by atoms with Crippen molar-refractivity contribution >= 4 is 22.0 Å². The van der Waals surface area contributed by atoms with Crippen LogP contribution in [0.4, 0.5) is 4.79 Å². The number of fused-ring (bicyclic) bond motifs is 1. The second-order valence-electron chi connectivity index (χ2n) is 7.39. The number of likely N-dealkylation sites (N-methyl/N-ethyl adjacent to an activating group) is 1. The van der Waals surface area contributed by atoms with Crippen LogP contribution in [0.25, 0.3) is 0 Å². The fraction of sp³-hybridized carbons (Fsp3) is 0.611. The molecule has 1 aromatic rings. The summed E-state index contributed by atoms with van der Waals surface area (Å²) >= 11 is 3.44. The molecule has 0 fully saturated rings. The first kappa shape index (κ1) is 20.8. The number of hydrogen-bond acceptors (Lipinski definition) is 5. The molecule has 2 atom stereocenters. The standard InChI is InChI=1S/C18H26BrNO6/c1-17(2,3)18(23,9-20(4)16(21)22)14-11(13(8-19)24-5)6-7-12-15(14)26-10-25-12/h6-7,13,23H,8-10H2,1-5H3,(H,21,22). The Morgan fingerprint density at radius 1 is 1.38 bits per heavy atom. The molecular weight excluding hydrogens is 406 g/mol. The molecular formula is C18H26BrNO6. The fourth-order valence-corrected chi connectivity index (χ4v) is 3.67. The van der Waals surface area contributed by atoms with Gasteiger partial charge in [-0.1, -0.05) is 42.8 Å². The van der Waals surface area contributed by atoms with Gasteiger partial charge in [0, 0.05) is 25.1 Å². The molecule has 1 aliphatic rings. The molecule has 1 amide bonds. The lowest BCUT2D eigenvalue weighted by molar-refractivity contribution is -0.0826. The number of hydrogen-bond donors (Lipinski definition) is 2. The van der Waals surface area contributed by atoms with Crippen LogP contribution in [0.1, 0.15) is 38.0 Å². The predicted octanol–water partition coefficient (Wildman–Crippen LogP) is 3.34. The minimum atomic E-state index is -1.53. The molecule has 8 heteroatoms. The lowest BCUT2D eigenvalue weighted by Crippen LogP contribution is -2.50. The van der Waals surface area contributed by atoms with E-state index < -0.39 is 17.1 Å². The predicted molar refractivity (Wildman–Crippen MR) is 100 cm³/mol. The van der Waals surface area contributed by atoms with Crippen LogP contribution in [0.5, 0.6) is 11.5 Å². The van der Waals surface area contributed by atoms with Crippen LogP contribution in [-0.2, 0) is 10.3 Å². The van der Waals surface area contributed by atoms with E-state index in [9.17, 15) is 15.0 Å². The van der Waals surface area contributed by atoms with E-state index in [0.717, 1.165) is 10.5 Å². The summed E-state index contributed by atoms with van der Waals surface area (Å²) in [6.07, 6.45) is -1.47. The molecule has 0 bridgehead atoms. The molecule has 0 aromatic heterocycles. The Labute approximate surface area is 162 Å². The number of aliphatic hydroxyl groups is 1. The Morgan fingerprint density at radius 2 is 2.04 bits per heavy atom. The summed E-state index contributed by atoms with van der Waals surface area (Å²) in [5.74, 6) is 0.954. The lowest BCUT2D eigenvalue weighted by Gasteiger charge is -2.44. The van der Waals surface area contributed by atoms with Crippen LogP contribution in [0.15, 0.2) is 12.1 Å².